The van der Waals surface area contributed by atoms with Gasteiger partial charge in [-0.25, -0.2) is 9.97 Å². The monoisotopic (exact) mass is 552 g/mol. The van der Waals surface area contributed by atoms with Crippen LogP contribution >= 0.6 is 15.9 Å². The van der Waals surface area contributed by atoms with Crippen molar-refractivity contribution in [2.45, 2.75) is 0 Å². The fourth-order valence-corrected chi connectivity index (χ4v) is 5.25. The van der Waals surface area contributed by atoms with E-state index in [4.69, 9.17) is 14.4 Å². The minimum atomic E-state index is 0.682. The molecule has 0 saturated heterocycles. The fraction of sp³-hybridized carbons (Fsp3) is 0. The number of nitrogens with zero attached hydrogens (tertiary/aromatic N) is 2. The van der Waals surface area contributed by atoms with Crippen LogP contribution in [0.25, 0.3) is 67.0 Å². The normalized spacial score (nSPS) is 11.3. The predicted octanol–water partition coefficient (Wildman–Crippen LogP) is 9.81. The van der Waals surface area contributed by atoms with Crippen LogP contribution in [0, 0.1) is 0 Å². The van der Waals surface area contributed by atoms with E-state index in [1.807, 2.05) is 48.5 Å². The molecular formula is C34H21BrN2O. The smallest absolute Gasteiger partial charge is 0.160 e. The summed E-state index contributed by atoms with van der Waals surface area (Å²) in [5.41, 5.74) is 8.67. The van der Waals surface area contributed by atoms with Crippen molar-refractivity contribution in [1.29, 1.82) is 0 Å². The molecule has 0 aliphatic rings. The van der Waals surface area contributed by atoms with Crippen molar-refractivity contribution in [3.8, 4) is 45.0 Å². The molecule has 38 heavy (non-hydrogen) atoms. The maximum Gasteiger partial charge on any atom is 0.160 e. The molecule has 2 heterocycles. The highest BCUT2D eigenvalue weighted by atomic mass is 79.9. The largest absolute Gasteiger partial charge is 0.455 e. The van der Waals surface area contributed by atoms with Crippen molar-refractivity contribution in [1.82, 2.24) is 9.97 Å². The summed E-state index contributed by atoms with van der Waals surface area (Å²) in [6, 6.07) is 43.4. The van der Waals surface area contributed by atoms with Gasteiger partial charge in [-0.15, -0.1) is 0 Å². The highest BCUT2D eigenvalue weighted by molar-refractivity contribution is 9.10. The van der Waals surface area contributed by atoms with Gasteiger partial charge in [0.2, 0.25) is 0 Å². The van der Waals surface area contributed by atoms with Crippen LogP contribution < -0.4 is 0 Å². The third kappa shape index (κ3) is 4.09. The number of rotatable bonds is 4. The lowest BCUT2D eigenvalue weighted by Gasteiger charge is -2.10. The maximum atomic E-state index is 6.37. The standard InChI is InChI=1S/C34H21BrN2O/c35-26-18-19-32-29(20-26)27-12-7-13-28(33(27)38-32)31-21-30(36-34(37-31)25-10-5-2-6-11-25)24-16-14-23(15-17-24)22-8-3-1-4-9-22/h1-21H. The summed E-state index contributed by atoms with van der Waals surface area (Å²) in [4.78, 5) is 10.0. The number of halogens is 1. The average molecular weight is 553 g/mol. The van der Waals surface area contributed by atoms with Gasteiger partial charge in [0.25, 0.3) is 0 Å². The summed E-state index contributed by atoms with van der Waals surface area (Å²) in [7, 11) is 0. The number of hydrogen-bond donors (Lipinski definition) is 0. The number of aromatic nitrogens is 2. The number of para-hydroxylation sites is 1. The van der Waals surface area contributed by atoms with Gasteiger partial charge < -0.3 is 4.42 Å². The third-order valence-corrected chi connectivity index (χ3v) is 7.27. The summed E-state index contributed by atoms with van der Waals surface area (Å²) < 4.78 is 7.39. The molecule has 2 aromatic heterocycles. The molecule has 0 fully saturated rings. The highest BCUT2D eigenvalue weighted by Crippen LogP contribution is 2.38. The topological polar surface area (TPSA) is 38.9 Å². The molecule has 5 aromatic carbocycles. The third-order valence-electron chi connectivity index (χ3n) is 6.78. The number of furan rings is 1. The Bertz CT molecular complexity index is 1910. The minimum absolute atomic E-state index is 0.682. The summed E-state index contributed by atoms with van der Waals surface area (Å²) in [5, 5.41) is 2.14. The molecule has 3 nitrogen and oxygen atoms in total. The van der Waals surface area contributed by atoms with Crippen LogP contribution in [0.5, 0.6) is 0 Å². The molecule has 0 spiro atoms. The number of hydrogen-bond acceptors (Lipinski definition) is 3. The molecule has 7 rings (SSSR count). The molecule has 0 bridgehead atoms. The molecular weight excluding hydrogens is 532 g/mol. The second kappa shape index (κ2) is 9.40. The van der Waals surface area contributed by atoms with E-state index < -0.39 is 0 Å². The van der Waals surface area contributed by atoms with Crippen LogP contribution in [0.2, 0.25) is 0 Å². The molecule has 180 valence electrons. The highest BCUT2D eigenvalue weighted by Gasteiger charge is 2.16. The van der Waals surface area contributed by atoms with Crippen molar-refractivity contribution < 1.29 is 4.42 Å². The molecule has 0 amide bonds. The molecule has 0 aliphatic carbocycles. The fourth-order valence-electron chi connectivity index (χ4n) is 4.89. The Morgan fingerprint density at radius 1 is 0.500 bits per heavy atom. The Labute approximate surface area is 228 Å². The number of fused-ring (bicyclic) bond motifs is 3. The summed E-state index contributed by atoms with van der Waals surface area (Å²) in [6.45, 7) is 0. The van der Waals surface area contributed by atoms with Gasteiger partial charge in [0, 0.05) is 31.9 Å². The van der Waals surface area contributed by atoms with Crippen LogP contribution in [-0.2, 0) is 0 Å². The van der Waals surface area contributed by atoms with Crippen LogP contribution in [-0.4, -0.2) is 9.97 Å². The molecule has 0 aliphatic heterocycles. The second-order valence-electron chi connectivity index (χ2n) is 9.20. The van der Waals surface area contributed by atoms with Crippen LogP contribution in [0.15, 0.2) is 136 Å². The van der Waals surface area contributed by atoms with E-state index in [0.717, 1.165) is 54.5 Å². The zero-order valence-electron chi connectivity index (χ0n) is 20.3. The first-order valence-corrected chi connectivity index (χ1v) is 13.2. The Morgan fingerprint density at radius 3 is 1.92 bits per heavy atom. The predicted molar refractivity (Wildman–Crippen MR) is 159 cm³/mol. The van der Waals surface area contributed by atoms with E-state index in [9.17, 15) is 0 Å². The van der Waals surface area contributed by atoms with Crippen molar-refractivity contribution in [2.75, 3.05) is 0 Å². The Hall–Kier alpha value is -4.54. The zero-order chi connectivity index (χ0) is 25.5. The summed E-state index contributed by atoms with van der Waals surface area (Å²) in [6.07, 6.45) is 0. The molecule has 4 heteroatoms. The van der Waals surface area contributed by atoms with E-state index in [2.05, 4.69) is 94.8 Å². The van der Waals surface area contributed by atoms with Gasteiger partial charge in [-0.05, 0) is 41.5 Å². The van der Waals surface area contributed by atoms with Gasteiger partial charge >= 0.3 is 0 Å². The Morgan fingerprint density at radius 2 is 1.16 bits per heavy atom. The van der Waals surface area contributed by atoms with Gasteiger partial charge in [0.1, 0.15) is 11.2 Å². The lowest BCUT2D eigenvalue weighted by atomic mass is 10.0. The van der Waals surface area contributed by atoms with E-state index in [1.54, 1.807) is 0 Å². The Balaban J connectivity index is 1.41. The van der Waals surface area contributed by atoms with Crippen molar-refractivity contribution in [3.63, 3.8) is 0 Å². The van der Waals surface area contributed by atoms with E-state index >= 15 is 0 Å². The van der Waals surface area contributed by atoms with Crippen LogP contribution in [0.4, 0.5) is 0 Å². The van der Waals surface area contributed by atoms with Crippen molar-refractivity contribution >= 4 is 37.9 Å². The van der Waals surface area contributed by atoms with Gasteiger partial charge in [0.05, 0.1) is 11.4 Å². The van der Waals surface area contributed by atoms with E-state index in [-0.39, 0.29) is 0 Å². The van der Waals surface area contributed by atoms with Gasteiger partial charge in [-0.3, -0.25) is 0 Å². The maximum absolute atomic E-state index is 6.37. The van der Waals surface area contributed by atoms with Gasteiger partial charge in [-0.1, -0.05) is 113 Å². The van der Waals surface area contributed by atoms with E-state index in [0.29, 0.717) is 5.82 Å². The van der Waals surface area contributed by atoms with Gasteiger partial charge in [-0.2, -0.15) is 0 Å². The number of benzene rings is 5. The van der Waals surface area contributed by atoms with Crippen molar-refractivity contribution in [3.05, 3.63) is 132 Å². The second-order valence-corrected chi connectivity index (χ2v) is 10.1. The molecule has 0 saturated carbocycles. The van der Waals surface area contributed by atoms with Crippen LogP contribution in [0.3, 0.4) is 0 Å². The summed E-state index contributed by atoms with van der Waals surface area (Å²) in [5.74, 6) is 0.682. The van der Waals surface area contributed by atoms with Crippen molar-refractivity contribution in [2.24, 2.45) is 0 Å². The average Bonchev–Trinajstić information content (AvgIpc) is 3.36. The van der Waals surface area contributed by atoms with Crippen LogP contribution in [0.1, 0.15) is 0 Å². The summed E-state index contributed by atoms with van der Waals surface area (Å²) >= 11 is 3.59. The molecule has 0 atom stereocenters. The first-order valence-electron chi connectivity index (χ1n) is 12.4. The lowest BCUT2D eigenvalue weighted by molar-refractivity contribution is 0.669. The Kier molecular flexibility index (Phi) is 5.60. The molecule has 0 unspecified atom stereocenters. The minimum Gasteiger partial charge on any atom is -0.455 e. The van der Waals surface area contributed by atoms with Gasteiger partial charge in [0.15, 0.2) is 5.82 Å². The quantitative estimate of drug-likeness (QED) is 0.218. The molecule has 7 aromatic rings. The first-order chi connectivity index (χ1) is 18.7. The molecule has 0 radical (unpaired) electrons. The lowest BCUT2D eigenvalue weighted by Crippen LogP contribution is -1.96. The zero-order valence-corrected chi connectivity index (χ0v) is 21.9. The van der Waals surface area contributed by atoms with E-state index in [1.165, 1.54) is 11.1 Å². The first kappa shape index (κ1) is 22.6. The SMILES string of the molecule is Brc1ccc2oc3c(-c4cc(-c5ccc(-c6ccccc6)cc5)nc(-c5ccccc5)n4)cccc3c2c1. The molecule has 0 N–H and O–H groups in total.